The Balaban J connectivity index is 3.24. The molecule has 1 heterocycles. The molecule has 3 nitrogen and oxygen atoms in total. The molecule has 0 fully saturated rings. The molecule has 0 spiro atoms. The van der Waals surface area contributed by atoms with Gasteiger partial charge in [-0.1, -0.05) is 11.6 Å². The van der Waals surface area contributed by atoms with E-state index in [9.17, 15) is 13.6 Å². The van der Waals surface area contributed by atoms with Crippen molar-refractivity contribution in [2.24, 2.45) is 0 Å². The third kappa shape index (κ3) is 3.26. The van der Waals surface area contributed by atoms with Gasteiger partial charge in [-0.3, -0.25) is 9.78 Å². The van der Waals surface area contributed by atoms with E-state index < -0.39 is 18.1 Å². The van der Waals surface area contributed by atoms with Crippen LogP contribution in [0.3, 0.4) is 0 Å². The zero-order valence-electron chi connectivity index (χ0n) is 8.84. The Morgan fingerprint density at radius 3 is 2.71 bits per heavy atom. The molecule has 1 aromatic heterocycles. The molecule has 94 valence electrons. The van der Waals surface area contributed by atoms with Gasteiger partial charge in [-0.15, -0.1) is 11.6 Å². The van der Waals surface area contributed by atoms with Crippen LogP contribution in [0.15, 0.2) is 6.20 Å². The summed E-state index contributed by atoms with van der Waals surface area (Å²) in [5.41, 5.74) is -0.155. The number of ether oxygens (including phenoxy) is 1. The molecule has 0 aliphatic carbocycles. The fourth-order valence-electron chi connectivity index (χ4n) is 1.25. The predicted molar refractivity (Wildman–Crippen MR) is 59.5 cm³/mol. The van der Waals surface area contributed by atoms with E-state index in [1.54, 1.807) is 0 Å². The smallest absolute Gasteiger partial charge is 0.310 e. The van der Waals surface area contributed by atoms with Gasteiger partial charge in [0.2, 0.25) is 0 Å². The van der Waals surface area contributed by atoms with Crippen molar-refractivity contribution in [3.05, 3.63) is 28.0 Å². The zero-order chi connectivity index (χ0) is 13.0. The number of carbonyl (C=O) groups is 1. The summed E-state index contributed by atoms with van der Waals surface area (Å²) in [6, 6.07) is 0. The van der Waals surface area contributed by atoms with Crippen LogP contribution in [0.4, 0.5) is 8.78 Å². The maximum Gasteiger partial charge on any atom is 0.310 e. The lowest BCUT2D eigenvalue weighted by Gasteiger charge is -2.11. The van der Waals surface area contributed by atoms with Crippen LogP contribution in [0.2, 0.25) is 5.02 Å². The third-order valence-electron chi connectivity index (χ3n) is 2.11. The third-order valence-corrected chi connectivity index (χ3v) is 2.87. The number of hydrogen-bond acceptors (Lipinski definition) is 3. The van der Waals surface area contributed by atoms with Gasteiger partial charge in [0.1, 0.15) is 5.69 Å². The monoisotopic (exact) mass is 283 g/mol. The minimum atomic E-state index is -2.81. The summed E-state index contributed by atoms with van der Waals surface area (Å²) < 4.78 is 29.8. The SMILES string of the molecule is COC(=O)Cc1c(C(F)F)ncc(CCl)c1Cl. The van der Waals surface area contributed by atoms with Crippen molar-refractivity contribution in [3.63, 3.8) is 0 Å². The van der Waals surface area contributed by atoms with Crippen LogP contribution in [0, 0.1) is 0 Å². The number of pyridine rings is 1. The summed E-state index contributed by atoms with van der Waals surface area (Å²) >= 11 is 11.5. The Bertz CT molecular complexity index is 427. The lowest BCUT2D eigenvalue weighted by atomic mass is 10.1. The van der Waals surface area contributed by atoms with Crippen LogP contribution >= 0.6 is 23.2 Å². The average molecular weight is 284 g/mol. The minimum absolute atomic E-state index is 0.0313. The number of hydrogen-bond donors (Lipinski definition) is 0. The number of halogens is 4. The fourth-order valence-corrected chi connectivity index (χ4v) is 1.80. The van der Waals surface area contributed by atoms with Crippen molar-refractivity contribution >= 4 is 29.2 Å². The number of carbonyl (C=O) groups excluding carboxylic acids is 1. The standard InChI is InChI=1S/C10H9Cl2F2NO2/c1-17-7(16)2-6-8(12)5(3-11)4-15-9(6)10(13)14/h4,10H,2-3H2,1H3. The van der Waals surface area contributed by atoms with E-state index in [4.69, 9.17) is 23.2 Å². The maximum absolute atomic E-state index is 12.7. The molecule has 1 aromatic rings. The van der Waals surface area contributed by atoms with Gasteiger partial charge >= 0.3 is 5.97 Å². The van der Waals surface area contributed by atoms with E-state index in [-0.39, 0.29) is 22.9 Å². The van der Waals surface area contributed by atoms with Gasteiger partial charge in [-0.25, -0.2) is 8.78 Å². The second-order valence-electron chi connectivity index (χ2n) is 3.15. The highest BCUT2D eigenvalue weighted by Crippen LogP contribution is 2.30. The predicted octanol–water partition coefficient (Wildman–Crippen LogP) is 3.13. The topological polar surface area (TPSA) is 39.2 Å². The number of rotatable bonds is 4. The van der Waals surface area contributed by atoms with Crippen LogP contribution < -0.4 is 0 Å². The van der Waals surface area contributed by atoms with Crippen LogP contribution in [0.25, 0.3) is 0 Å². The maximum atomic E-state index is 12.7. The van der Waals surface area contributed by atoms with Gasteiger partial charge in [-0.05, 0) is 0 Å². The van der Waals surface area contributed by atoms with Crippen molar-refractivity contribution in [2.45, 2.75) is 18.7 Å². The average Bonchev–Trinajstić information content (AvgIpc) is 2.30. The van der Waals surface area contributed by atoms with E-state index >= 15 is 0 Å². The van der Waals surface area contributed by atoms with Gasteiger partial charge < -0.3 is 4.74 Å². The van der Waals surface area contributed by atoms with Crippen molar-refractivity contribution < 1.29 is 18.3 Å². The van der Waals surface area contributed by atoms with Crippen molar-refractivity contribution in [2.75, 3.05) is 7.11 Å². The molecule has 0 bridgehead atoms. The van der Waals surface area contributed by atoms with Gasteiger partial charge in [0, 0.05) is 17.3 Å². The Kier molecular flexibility index (Phi) is 5.08. The van der Waals surface area contributed by atoms with Gasteiger partial charge in [0.15, 0.2) is 0 Å². The van der Waals surface area contributed by atoms with Gasteiger partial charge in [0.25, 0.3) is 6.43 Å². The number of aromatic nitrogens is 1. The van der Waals surface area contributed by atoms with E-state index in [1.165, 1.54) is 6.20 Å². The van der Waals surface area contributed by atoms with E-state index in [2.05, 4.69) is 9.72 Å². The minimum Gasteiger partial charge on any atom is -0.469 e. The molecule has 0 atom stereocenters. The Labute approximate surface area is 107 Å². The lowest BCUT2D eigenvalue weighted by Crippen LogP contribution is -2.10. The van der Waals surface area contributed by atoms with Crippen LogP contribution in [0.1, 0.15) is 23.2 Å². The highest BCUT2D eigenvalue weighted by molar-refractivity contribution is 6.33. The van der Waals surface area contributed by atoms with Gasteiger partial charge in [0.05, 0.1) is 24.4 Å². The number of alkyl halides is 3. The molecule has 0 saturated carbocycles. The van der Waals surface area contributed by atoms with E-state index in [0.29, 0.717) is 5.56 Å². The molecule has 1 rings (SSSR count). The molecular weight excluding hydrogens is 275 g/mol. The molecular formula is C10H9Cl2F2NO2. The largest absolute Gasteiger partial charge is 0.469 e. The Morgan fingerprint density at radius 2 is 2.24 bits per heavy atom. The first-order chi connectivity index (χ1) is 8.01. The quantitative estimate of drug-likeness (QED) is 0.630. The molecule has 0 saturated heterocycles. The van der Waals surface area contributed by atoms with E-state index in [0.717, 1.165) is 7.11 Å². The van der Waals surface area contributed by atoms with Crippen LogP contribution in [0.5, 0.6) is 0 Å². The van der Waals surface area contributed by atoms with Gasteiger partial charge in [-0.2, -0.15) is 0 Å². The summed E-state index contributed by atoms with van der Waals surface area (Å²) in [7, 11) is 1.16. The van der Waals surface area contributed by atoms with Crippen molar-refractivity contribution in [3.8, 4) is 0 Å². The fraction of sp³-hybridized carbons (Fsp3) is 0.400. The number of nitrogens with zero attached hydrogens (tertiary/aromatic N) is 1. The molecule has 0 aliphatic heterocycles. The lowest BCUT2D eigenvalue weighted by molar-refractivity contribution is -0.139. The normalized spacial score (nSPS) is 10.7. The first kappa shape index (κ1) is 14.1. The van der Waals surface area contributed by atoms with Crippen molar-refractivity contribution in [1.82, 2.24) is 4.98 Å². The second kappa shape index (κ2) is 6.12. The molecule has 0 aliphatic rings. The molecule has 0 N–H and O–H groups in total. The molecule has 0 unspecified atom stereocenters. The molecule has 0 radical (unpaired) electrons. The molecule has 0 amide bonds. The Morgan fingerprint density at radius 1 is 1.59 bits per heavy atom. The summed E-state index contributed by atoms with van der Waals surface area (Å²) in [6.45, 7) is 0. The summed E-state index contributed by atoms with van der Waals surface area (Å²) in [5, 5.41) is 0.0377. The molecule has 17 heavy (non-hydrogen) atoms. The zero-order valence-corrected chi connectivity index (χ0v) is 10.4. The second-order valence-corrected chi connectivity index (χ2v) is 3.79. The first-order valence-corrected chi connectivity index (χ1v) is 5.49. The number of esters is 1. The summed E-state index contributed by atoms with van der Waals surface area (Å²) in [6.07, 6.45) is -1.99. The van der Waals surface area contributed by atoms with Crippen LogP contribution in [-0.2, 0) is 21.8 Å². The summed E-state index contributed by atoms with van der Waals surface area (Å²) in [4.78, 5) is 14.7. The van der Waals surface area contributed by atoms with Crippen molar-refractivity contribution in [1.29, 1.82) is 0 Å². The Hall–Kier alpha value is -0.940. The highest BCUT2D eigenvalue weighted by Gasteiger charge is 2.21. The molecule has 0 aromatic carbocycles. The summed E-state index contributed by atoms with van der Waals surface area (Å²) in [5.74, 6) is -0.633. The number of methoxy groups -OCH3 is 1. The molecule has 7 heteroatoms. The van der Waals surface area contributed by atoms with E-state index in [1.807, 2.05) is 0 Å². The highest BCUT2D eigenvalue weighted by atomic mass is 35.5. The van der Waals surface area contributed by atoms with Crippen LogP contribution in [-0.4, -0.2) is 18.1 Å². The first-order valence-electron chi connectivity index (χ1n) is 4.58.